The van der Waals surface area contributed by atoms with E-state index in [9.17, 15) is 4.79 Å². The quantitative estimate of drug-likeness (QED) is 0.726. The number of benzene rings is 3. The van der Waals surface area contributed by atoms with Gasteiger partial charge in [-0.3, -0.25) is 4.79 Å². The van der Waals surface area contributed by atoms with E-state index in [1.807, 2.05) is 54.6 Å². The molecule has 0 spiro atoms. The maximum absolute atomic E-state index is 12.6. The van der Waals surface area contributed by atoms with Crippen LogP contribution in [0.2, 0.25) is 0 Å². The summed E-state index contributed by atoms with van der Waals surface area (Å²) in [6.45, 7) is 1.20. The molecule has 0 bridgehead atoms. The van der Waals surface area contributed by atoms with Gasteiger partial charge in [-0.05, 0) is 35.0 Å². The molecule has 4 rings (SSSR count). The van der Waals surface area contributed by atoms with Gasteiger partial charge in [-0.2, -0.15) is 0 Å². The van der Waals surface area contributed by atoms with E-state index in [0.29, 0.717) is 17.9 Å². The largest absolute Gasteiger partial charge is 0.490 e. The highest BCUT2D eigenvalue weighted by Crippen LogP contribution is 2.23. The molecule has 1 unspecified atom stereocenters. The lowest BCUT2D eigenvalue weighted by molar-refractivity contribution is 0.102. The molecule has 1 fully saturated rings. The van der Waals surface area contributed by atoms with Crippen LogP contribution in [-0.4, -0.2) is 25.2 Å². The normalized spacial score (nSPS) is 15.9. The number of anilines is 1. The molecule has 4 heteroatoms. The number of nitrogens with one attached hydrogen (secondary N) is 1. The van der Waals surface area contributed by atoms with E-state index >= 15 is 0 Å². The standard InChI is InChI=1S/C20H17NO3/c22-20(18-7-3-4-8-19(18)24-13-17-12-23-17)21-16-10-9-14-5-1-2-6-15(14)11-16/h1-11,17H,12-13H2,(H,21,22). The summed E-state index contributed by atoms with van der Waals surface area (Å²) in [5.74, 6) is 0.392. The van der Waals surface area contributed by atoms with Gasteiger partial charge in [0.1, 0.15) is 18.5 Å². The fraction of sp³-hybridized carbons (Fsp3) is 0.150. The summed E-state index contributed by atoms with van der Waals surface area (Å²) >= 11 is 0. The predicted molar refractivity (Wildman–Crippen MR) is 93.6 cm³/mol. The van der Waals surface area contributed by atoms with Crippen molar-refractivity contribution >= 4 is 22.4 Å². The van der Waals surface area contributed by atoms with Crippen molar-refractivity contribution < 1.29 is 14.3 Å². The van der Waals surface area contributed by atoms with E-state index in [0.717, 1.165) is 23.1 Å². The van der Waals surface area contributed by atoms with Gasteiger partial charge in [0.25, 0.3) is 5.91 Å². The van der Waals surface area contributed by atoms with Crippen molar-refractivity contribution in [1.82, 2.24) is 0 Å². The Bertz CT molecular complexity index is 887. The second-order valence-electron chi connectivity index (χ2n) is 5.78. The Hall–Kier alpha value is -2.85. The third-order valence-electron chi connectivity index (χ3n) is 3.97. The van der Waals surface area contributed by atoms with Gasteiger partial charge in [0.05, 0.1) is 12.2 Å². The Labute approximate surface area is 140 Å². The number of rotatable bonds is 5. The minimum Gasteiger partial charge on any atom is -0.490 e. The fourth-order valence-electron chi connectivity index (χ4n) is 2.59. The first kappa shape index (κ1) is 14.7. The topological polar surface area (TPSA) is 50.9 Å². The highest BCUT2D eigenvalue weighted by atomic mass is 16.6. The summed E-state index contributed by atoms with van der Waals surface area (Å²) in [4.78, 5) is 12.6. The van der Waals surface area contributed by atoms with Gasteiger partial charge in [-0.1, -0.05) is 42.5 Å². The lowest BCUT2D eigenvalue weighted by atomic mass is 10.1. The van der Waals surface area contributed by atoms with E-state index in [1.165, 1.54) is 0 Å². The number of para-hydroxylation sites is 1. The summed E-state index contributed by atoms with van der Waals surface area (Å²) in [5.41, 5.74) is 1.28. The van der Waals surface area contributed by atoms with Gasteiger partial charge in [0, 0.05) is 5.69 Å². The van der Waals surface area contributed by atoms with E-state index in [1.54, 1.807) is 12.1 Å². The van der Waals surface area contributed by atoms with Crippen LogP contribution < -0.4 is 10.1 Å². The minimum absolute atomic E-state index is 0.154. The Morgan fingerprint density at radius 3 is 2.62 bits per heavy atom. The molecule has 1 N–H and O–H groups in total. The summed E-state index contributed by atoms with van der Waals surface area (Å²) in [6.07, 6.45) is 0.154. The van der Waals surface area contributed by atoms with Gasteiger partial charge in [-0.25, -0.2) is 0 Å². The third kappa shape index (κ3) is 3.24. The lowest BCUT2D eigenvalue weighted by Gasteiger charge is -2.11. The fourth-order valence-corrected chi connectivity index (χ4v) is 2.59. The number of epoxide rings is 1. The van der Waals surface area contributed by atoms with Crippen LogP contribution in [0, 0.1) is 0 Å². The van der Waals surface area contributed by atoms with Gasteiger partial charge in [0.2, 0.25) is 0 Å². The Morgan fingerprint density at radius 1 is 1.04 bits per heavy atom. The number of fused-ring (bicyclic) bond motifs is 1. The monoisotopic (exact) mass is 319 g/mol. The first-order valence-corrected chi connectivity index (χ1v) is 7.93. The molecule has 24 heavy (non-hydrogen) atoms. The van der Waals surface area contributed by atoms with Crippen molar-refractivity contribution in [3.05, 3.63) is 72.3 Å². The molecule has 1 heterocycles. The van der Waals surface area contributed by atoms with Gasteiger partial charge >= 0.3 is 0 Å². The van der Waals surface area contributed by atoms with Crippen molar-refractivity contribution in [2.24, 2.45) is 0 Å². The molecular formula is C20H17NO3. The second kappa shape index (κ2) is 6.34. The Kier molecular flexibility index (Phi) is 3.89. The Morgan fingerprint density at radius 2 is 1.79 bits per heavy atom. The number of amides is 1. The molecule has 1 aliphatic rings. The average molecular weight is 319 g/mol. The van der Waals surface area contributed by atoms with Crippen LogP contribution in [0.3, 0.4) is 0 Å². The molecule has 0 saturated carbocycles. The maximum atomic E-state index is 12.6. The van der Waals surface area contributed by atoms with Crippen LogP contribution in [0.15, 0.2) is 66.7 Å². The van der Waals surface area contributed by atoms with Crippen LogP contribution in [0.1, 0.15) is 10.4 Å². The molecule has 120 valence electrons. The highest BCUT2D eigenvalue weighted by molar-refractivity contribution is 6.07. The molecule has 0 aliphatic carbocycles. The van der Waals surface area contributed by atoms with Crippen molar-refractivity contribution in [1.29, 1.82) is 0 Å². The highest BCUT2D eigenvalue weighted by Gasteiger charge is 2.24. The number of carbonyl (C=O) groups excluding carboxylic acids is 1. The van der Waals surface area contributed by atoms with Crippen LogP contribution >= 0.6 is 0 Å². The van der Waals surface area contributed by atoms with Crippen LogP contribution in [0.25, 0.3) is 10.8 Å². The van der Waals surface area contributed by atoms with Crippen LogP contribution in [0.5, 0.6) is 5.75 Å². The molecule has 0 radical (unpaired) electrons. The second-order valence-corrected chi connectivity index (χ2v) is 5.78. The molecule has 1 aliphatic heterocycles. The molecule has 1 amide bonds. The SMILES string of the molecule is O=C(Nc1ccc2ccccc2c1)c1ccccc1OCC1CO1. The average Bonchev–Trinajstić information content (AvgIpc) is 3.44. The molecular weight excluding hydrogens is 302 g/mol. The summed E-state index contributed by atoms with van der Waals surface area (Å²) in [5, 5.41) is 5.17. The minimum atomic E-state index is -0.183. The number of hydrogen-bond donors (Lipinski definition) is 1. The number of ether oxygens (including phenoxy) is 2. The zero-order valence-corrected chi connectivity index (χ0v) is 13.1. The van der Waals surface area contributed by atoms with E-state index < -0.39 is 0 Å². The third-order valence-corrected chi connectivity index (χ3v) is 3.97. The summed E-state index contributed by atoms with van der Waals surface area (Å²) in [6, 6.07) is 21.2. The van der Waals surface area contributed by atoms with Crippen LogP contribution in [0.4, 0.5) is 5.69 Å². The number of hydrogen-bond acceptors (Lipinski definition) is 3. The molecule has 1 atom stereocenters. The molecule has 3 aromatic carbocycles. The maximum Gasteiger partial charge on any atom is 0.259 e. The van der Waals surface area contributed by atoms with Gasteiger partial charge in [0.15, 0.2) is 0 Å². The molecule has 4 nitrogen and oxygen atoms in total. The zero-order valence-electron chi connectivity index (χ0n) is 13.1. The van der Waals surface area contributed by atoms with Crippen molar-refractivity contribution in [3.8, 4) is 5.75 Å². The molecule has 1 saturated heterocycles. The van der Waals surface area contributed by atoms with Crippen molar-refractivity contribution in [2.75, 3.05) is 18.5 Å². The smallest absolute Gasteiger partial charge is 0.259 e. The molecule has 3 aromatic rings. The summed E-state index contributed by atoms with van der Waals surface area (Å²) in [7, 11) is 0. The van der Waals surface area contributed by atoms with E-state index in [-0.39, 0.29) is 12.0 Å². The van der Waals surface area contributed by atoms with E-state index in [4.69, 9.17) is 9.47 Å². The van der Waals surface area contributed by atoms with Gasteiger partial charge in [-0.15, -0.1) is 0 Å². The summed E-state index contributed by atoms with van der Waals surface area (Å²) < 4.78 is 10.8. The van der Waals surface area contributed by atoms with E-state index in [2.05, 4.69) is 5.32 Å². The van der Waals surface area contributed by atoms with Crippen molar-refractivity contribution in [2.45, 2.75) is 6.10 Å². The zero-order chi connectivity index (χ0) is 16.4. The number of carbonyl (C=O) groups is 1. The predicted octanol–water partition coefficient (Wildman–Crippen LogP) is 3.87. The first-order valence-electron chi connectivity index (χ1n) is 7.93. The lowest BCUT2D eigenvalue weighted by Crippen LogP contribution is -2.14. The Balaban J connectivity index is 1.54. The van der Waals surface area contributed by atoms with Crippen molar-refractivity contribution in [3.63, 3.8) is 0 Å². The van der Waals surface area contributed by atoms with Gasteiger partial charge < -0.3 is 14.8 Å². The molecule has 0 aromatic heterocycles. The first-order chi connectivity index (χ1) is 11.8. The van der Waals surface area contributed by atoms with Crippen LogP contribution in [-0.2, 0) is 4.74 Å².